The lowest BCUT2D eigenvalue weighted by atomic mass is 10.2. The molecule has 1 N–H and O–H groups in total. The second kappa shape index (κ2) is 4.46. The molecule has 0 radical (unpaired) electrons. The quantitative estimate of drug-likeness (QED) is 0.382. The maximum Gasteiger partial charge on any atom is 0.295 e. The van der Waals surface area contributed by atoms with E-state index in [2.05, 4.69) is 0 Å². The summed E-state index contributed by atoms with van der Waals surface area (Å²) in [7, 11) is -4.18. The second-order valence-corrected chi connectivity index (χ2v) is 7.19. The maximum absolute atomic E-state index is 11.1. The van der Waals surface area contributed by atoms with Crippen molar-refractivity contribution in [2.24, 2.45) is 0 Å². The largest absolute Gasteiger partial charge is 0.295 e. The Labute approximate surface area is 107 Å². The lowest BCUT2D eigenvalue weighted by molar-refractivity contribution is -0.385. The molecule has 0 fully saturated rings. The van der Waals surface area contributed by atoms with Crippen LogP contribution in [-0.2, 0) is 19.2 Å². The van der Waals surface area contributed by atoms with E-state index in [1.54, 1.807) is 0 Å². The van der Waals surface area contributed by atoms with Crippen molar-refractivity contribution in [1.29, 1.82) is 0 Å². The highest BCUT2D eigenvalue weighted by Crippen LogP contribution is 2.30. The topological polar surface area (TPSA) is 132 Å². The van der Waals surface area contributed by atoms with Crippen LogP contribution in [0.15, 0.2) is 21.9 Å². The van der Waals surface area contributed by atoms with E-state index in [0.717, 1.165) is 6.92 Å². The molecule has 0 aliphatic carbocycles. The van der Waals surface area contributed by atoms with Crippen LogP contribution in [0.4, 0.5) is 5.69 Å². The van der Waals surface area contributed by atoms with E-state index >= 15 is 0 Å². The molecule has 8 nitrogen and oxygen atoms in total. The van der Waals surface area contributed by atoms with E-state index in [9.17, 15) is 26.9 Å². The molecule has 1 aromatic rings. The molecule has 0 aliphatic rings. The van der Waals surface area contributed by atoms with Gasteiger partial charge in [0.05, 0.1) is 9.82 Å². The summed E-state index contributed by atoms with van der Waals surface area (Å²) >= 11 is 0. The van der Waals surface area contributed by atoms with Crippen LogP contribution in [0.3, 0.4) is 0 Å². The summed E-state index contributed by atoms with van der Waals surface area (Å²) in [6.07, 6.45) is 0. The number of hydrogen-bond acceptors (Lipinski definition) is 6. The summed E-state index contributed by atoms with van der Waals surface area (Å²) in [6.45, 7) is 1.06. The monoisotopic (exact) mass is 315 g/mol. The molecule has 100 valence electrons. The van der Waals surface area contributed by atoms with Crippen molar-refractivity contribution in [2.75, 3.05) is 0 Å². The predicted octanol–water partition coefficient (Wildman–Crippen LogP) is 1.08. The molecule has 0 spiro atoms. The molecule has 0 atom stereocenters. The van der Waals surface area contributed by atoms with Crippen molar-refractivity contribution in [3.8, 4) is 0 Å². The van der Waals surface area contributed by atoms with Crippen molar-refractivity contribution in [2.45, 2.75) is 16.7 Å². The number of rotatable bonds is 3. The first kappa shape index (κ1) is 14.8. The standard InChI is InChI=1S/C7H6ClNO7S2/c1-4-6(9(10)11)2-5(17(8,12)13)3-7(4)18(14,15)16/h2-3H,1H3,(H,14,15,16). The van der Waals surface area contributed by atoms with E-state index in [1.807, 2.05) is 0 Å². The van der Waals surface area contributed by atoms with Gasteiger partial charge in [-0.3, -0.25) is 14.7 Å². The molecule has 0 amide bonds. The van der Waals surface area contributed by atoms with Crippen LogP contribution in [0.1, 0.15) is 5.56 Å². The Morgan fingerprint density at radius 3 is 2.11 bits per heavy atom. The number of benzene rings is 1. The molecule has 0 unspecified atom stereocenters. The molecule has 0 bridgehead atoms. The van der Waals surface area contributed by atoms with Crippen molar-refractivity contribution in [3.05, 3.63) is 27.8 Å². The lowest BCUT2D eigenvalue weighted by Gasteiger charge is -2.05. The van der Waals surface area contributed by atoms with Gasteiger partial charge in [0.2, 0.25) is 0 Å². The number of hydrogen-bond donors (Lipinski definition) is 1. The zero-order valence-electron chi connectivity index (χ0n) is 8.69. The van der Waals surface area contributed by atoms with Crippen LogP contribution in [0, 0.1) is 17.0 Å². The zero-order chi connectivity index (χ0) is 14.3. The summed E-state index contributed by atoms with van der Waals surface area (Å²) < 4.78 is 53.0. The normalized spacial score (nSPS) is 12.4. The molecule has 0 saturated heterocycles. The molecule has 11 heteroatoms. The molecular weight excluding hydrogens is 310 g/mol. The summed E-state index contributed by atoms with van der Waals surface area (Å²) in [5.41, 5.74) is -1.16. The molecule has 18 heavy (non-hydrogen) atoms. The Kier molecular flexibility index (Phi) is 3.68. The smallest absolute Gasteiger partial charge is 0.282 e. The van der Waals surface area contributed by atoms with E-state index in [4.69, 9.17) is 15.2 Å². The average molecular weight is 316 g/mol. The lowest BCUT2D eigenvalue weighted by Crippen LogP contribution is -2.06. The van der Waals surface area contributed by atoms with Gasteiger partial charge >= 0.3 is 0 Å². The van der Waals surface area contributed by atoms with Crippen molar-refractivity contribution < 1.29 is 26.3 Å². The summed E-state index contributed by atoms with van der Waals surface area (Å²) in [6, 6.07) is 1.17. The van der Waals surface area contributed by atoms with Gasteiger partial charge in [-0.25, -0.2) is 8.42 Å². The minimum absolute atomic E-state index is 0.383. The molecule has 0 aromatic heterocycles. The molecule has 0 heterocycles. The van der Waals surface area contributed by atoms with Gasteiger partial charge in [-0.2, -0.15) is 8.42 Å². The van der Waals surface area contributed by atoms with E-state index in [1.165, 1.54) is 0 Å². The van der Waals surface area contributed by atoms with Crippen molar-refractivity contribution in [1.82, 2.24) is 0 Å². The molecule has 0 aliphatic heterocycles. The van der Waals surface area contributed by atoms with Crippen LogP contribution in [0.25, 0.3) is 0 Å². The molecule has 1 aromatic carbocycles. The maximum atomic E-state index is 11.1. The van der Waals surface area contributed by atoms with Crippen LogP contribution >= 0.6 is 10.7 Å². The van der Waals surface area contributed by atoms with Crippen molar-refractivity contribution in [3.63, 3.8) is 0 Å². The predicted molar refractivity (Wildman–Crippen MR) is 60.7 cm³/mol. The summed E-state index contributed by atoms with van der Waals surface area (Å²) in [5, 5.41) is 10.7. The van der Waals surface area contributed by atoms with Gasteiger partial charge in [0.15, 0.2) is 0 Å². The van der Waals surface area contributed by atoms with Gasteiger partial charge in [-0.15, -0.1) is 0 Å². The van der Waals surface area contributed by atoms with Crippen molar-refractivity contribution >= 4 is 35.5 Å². The minimum Gasteiger partial charge on any atom is -0.282 e. The first-order valence-electron chi connectivity index (χ1n) is 4.16. The van der Waals surface area contributed by atoms with Gasteiger partial charge in [0.25, 0.3) is 24.9 Å². The molecular formula is C7H6ClNO7S2. The molecule has 1 rings (SSSR count). The first-order valence-corrected chi connectivity index (χ1v) is 7.90. The Morgan fingerprint density at radius 2 is 1.78 bits per heavy atom. The third-order valence-electron chi connectivity index (χ3n) is 2.06. The Bertz CT molecular complexity index is 722. The fraction of sp³-hybridized carbons (Fsp3) is 0.143. The molecule has 0 saturated carbocycles. The third-order valence-corrected chi connectivity index (χ3v) is 4.38. The Hall–Kier alpha value is -1.23. The highest BCUT2D eigenvalue weighted by Gasteiger charge is 2.26. The fourth-order valence-corrected chi connectivity index (χ4v) is 2.87. The van der Waals surface area contributed by atoms with E-state index in [0.29, 0.717) is 12.1 Å². The number of nitro benzene ring substituents is 1. The summed E-state index contributed by atoms with van der Waals surface area (Å²) in [5.74, 6) is 0. The van der Waals surface area contributed by atoms with Crippen LogP contribution in [-0.4, -0.2) is 26.3 Å². The highest BCUT2D eigenvalue weighted by molar-refractivity contribution is 8.13. The fourth-order valence-electron chi connectivity index (χ4n) is 1.25. The highest BCUT2D eigenvalue weighted by atomic mass is 35.7. The van der Waals surface area contributed by atoms with Gasteiger partial charge in [-0.05, 0) is 13.0 Å². The Morgan fingerprint density at radius 1 is 1.28 bits per heavy atom. The number of nitrogens with zero attached hydrogens (tertiary/aromatic N) is 1. The second-order valence-electron chi connectivity index (χ2n) is 3.24. The van der Waals surface area contributed by atoms with Crippen LogP contribution in [0.5, 0.6) is 0 Å². The first-order chi connectivity index (χ1) is 7.94. The summed E-state index contributed by atoms with van der Waals surface area (Å²) in [4.78, 5) is 8.03. The average Bonchev–Trinajstić information content (AvgIpc) is 2.13. The minimum atomic E-state index is -4.80. The third kappa shape index (κ3) is 2.96. The number of halogens is 1. The van der Waals surface area contributed by atoms with E-state index < -0.39 is 39.6 Å². The van der Waals surface area contributed by atoms with Gasteiger partial charge in [-0.1, -0.05) is 0 Å². The van der Waals surface area contributed by atoms with Gasteiger partial charge in [0, 0.05) is 22.3 Å². The zero-order valence-corrected chi connectivity index (χ0v) is 11.1. The van der Waals surface area contributed by atoms with Crippen LogP contribution < -0.4 is 0 Å². The van der Waals surface area contributed by atoms with Gasteiger partial charge in [0.1, 0.15) is 4.90 Å². The van der Waals surface area contributed by atoms with Crippen LogP contribution in [0.2, 0.25) is 0 Å². The van der Waals surface area contributed by atoms with Gasteiger partial charge < -0.3 is 0 Å². The van der Waals surface area contributed by atoms with E-state index in [-0.39, 0.29) is 5.56 Å². The SMILES string of the molecule is Cc1c([N+](=O)[O-])cc(S(=O)(=O)Cl)cc1S(=O)(=O)O. The Balaban J connectivity index is 3.86. The number of nitro groups is 1.